The van der Waals surface area contributed by atoms with Crippen LogP contribution >= 0.6 is 11.6 Å². The summed E-state index contributed by atoms with van der Waals surface area (Å²) < 4.78 is 7.66. The van der Waals surface area contributed by atoms with Gasteiger partial charge >= 0.3 is 5.97 Å². The number of halogens is 1. The van der Waals surface area contributed by atoms with Gasteiger partial charge in [-0.2, -0.15) is 5.10 Å². The molecule has 7 nitrogen and oxygen atoms in total. The quantitative estimate of drug-likeness (QED) is 0.771. The van der Waals surface area contributed by atoms with Crippen molar-refractivity contribution in [3.8, 4) is 0 Å². The SMILES string of the molecule is COC(=O)c1cn(Cc2c(C)nn(C)c2Cl)nn1. The Balaban J connectivity index is 2.24. The van der Waals surface area contributed by atoms with Crippen LogP contribution in [0.1, 0.15) is 21.7 Å². The monoisotopic (exact) mass is 269 g/mol. The van der Waals surface area contributed by atoms with E-state index in [9.17, 15) is 4.79 Å². The Morgan fingerprint density at radius 3 is 2.83 bits per heavy atom. The lowest BCUT2D eigenvalue weighted by Gasteiger charge is -1.99. The molecule has 18 heavy (non-hydrogen) atoms. The Labute approximate surface area is 108 Å². The maximum absolute atomic E-state index is 11.2. The smallest absolute Gasteiger partial charge is 0.360 e. The average molecular weight is 270 g/mol. The third-order valence-electron chi connectivity index (χ3n) is 2.52. The van der Waals surface area contributed by atoms with E-state index >= 15 is 0 Å². The summed E-state index contributed by atoms with van der Waals surface area (Å²) in [5.74, 6) is -0.518. The second kappa shape index (κ2) is 4.77. The van der Waals surface area contributed by atoms with Crippen molar-refractivity contribution in [2.24, 2.45) is 7.05 Å². The van der Waals surface area contributed by atoms with Gasteiger partial charge in [-0.3, -0.25) is 4.68 Å². The summed E-state index contributed by atoms with van der Waals surface area (Å²) in [5.41, 5.74) is 1.83. The molecule has 0 atom stereocenters. The lowest BCUT2D eigenvalue weighted by molar-refractivity contribution is 0.0594. The predicted octanol–water partition coefficient (Wildman–Crippen LogP) is 0.808. The van der Waals surface area contributed by atoms with Crippen LogP contribution in [0, 0.1) is 6.92 Å². The Bertz CT molecular complexity index is 589. The molecule has 0 saturated heterocycles. The molecule has 0 fully saturated rings. The summed E-state index contributed by atoms with van der Waals surface area (Å²) in [4.78, 5) is 11.2. The van der Waals surface area contributed by atoms with Crippen molar-refractivity contribution < 1.29 is 9.53 Å². The van der Waals surface area contributed by atoms with Crippen molar-refractivity contribution in [1.29, 1.82) is 0 Å². The van der Waals surface area contributed by atoms with Gasteiger partial charge in [-0.25, -0.2) is 9.48 Å². The largest absolute Gasteiger partial charge is 0.464 e. The van der Waals surface area contributed by atoms with Crippen LogP contribution in [0.25, 0.3) is 0 Å². The van der Waals surface area contributed by atoms with Crippen molar-refractivity contribution in [1.82, 2.24) is 24.8 Å². The first-order valence-electron chi connectivity index (χ1n) is 5.19. The molecule has 0 radical (unpaired) electrons. The van der Waals surface area contributed by atoms with Gasteiger partial charge in [0.2, 0.25) is 0 Å². The van der Waals surface area contributed by atoms with E-state index < -0.39 is 5.97 Å². The zero-order valence-corrected chi connectivity index (χ0v) is 11.0. The van der Waals surface area contributed by atoms with Crippen LogP contribution < -0.4 is 0 Å². The van der Waals surface area contributed by atoms with Gasteiger partial charge in [-0.15, -0.1) is 5.10 Å². The number of hydrogen-bond acceptors (Lipinski definition) is 5. The van der Waals surface area contributed by atoms with Crippen LogP contribution in [0.3, 0.4) is 0 Å². The molecule has 2 aromatic heterocycles. The molecule has 2 rings (SSSR count). The number of ether oxygens (including phenoxy) is 1. The zero-order chi connectivity index (χ0) is 13.3. The second-order valence-corrected chi connectivity index (χ2v) is 4.13. The van der Waals surface area contributed by atoms with Crippen molar-refractivity contribution >= 4 is 17.6 Å². The number of nitrogens with zero attached hydrogens (tertiary/aromatic N) is 5. The molecule has 0 aliphatic carbocycles. The topological polar surface area (TPSA) is 74.8 Å². The standard InChI is InChI=1S/C10H12ClN5O2/c1-6-7(9(11)15(2)13-6)4-16-5-8(12-14-16)10(17)18-3/h5H,4H2,1-3H3. The molecule has 0 saturated carbocycles. The highest BCUT2D eigenvalue weighted by Crippen LogP contribution is 2.19. The van der Waals surface area contributed by atoms with Gasteiger partial charge in [-0.05, 0) is 6.92 Å². The molecule has 0 aliphatic rings. The number of carbonyl (C=O) groups excluding carboxylic acids is 1. The highest BCUT2D eigenvalue weighted by Gasteiger charge is 2.15. The highest BCUT2D eigenvalue weighted by molar-refractivity contribution is 6.30. The number of aromatic nitrogens is 5. The number of esters is 1. The molecule has 0 aromatic carbocycles. The minimum Gasteiger partial charge on any atom is -0.464 e. The van der Waals surface area contributed by atoms with E-state index in [0.29, 0.717) is 11.7 Å². The van der Waals surface area contributed by atoms with Crippen molar-refractivity contribution in [3.05, 3.63) is 28.3 Å². The Kier molecular flexibility index (Phi) is 3.33. The van der Waals surface area contributed by atoms with Gasteiger partial charge in [0.25, 0.3) is 0 Å². The third-order valence-corrected chi connectivity index (χ3v) is 3.00. The fraction of sp³-hybridized carbons (Fsp3) is 0.400. The molecule has 0 bridgehead atoms. The van der Waals surface area contributed by atoms with Gasteiger partial charge in [-0.1, -0.05) is 16.8 Å². The second-order valence-electron chi connectivity index (χ2n) is 3.77. The normalized spacial score (nSPS) is 10.7. The first kappa shape index (κ1) is 12.6. The molecule has 0 amide bonds. The highest BCUT2D eigenvalue weighted by atomic mass is 35.5. The van der Waals surface area contributed by atoms with Crippen molar-refractivity contribution in [2.45, 2.75) is 13.5 Å². The number of rotatable bonds is 3. The molecule has 0 N–H and O–H groups in total. The maximum Gasteiger partial charge on any atom is 0.360 e. The summed E-state index contributed by atoms with van der Waals surface area (Å²) in [7, 11) is 3.06. The molecular formula is C10H12ClN5O2. The van der Waals surface area contributed by atoms with Gasteiger partial charge < -0.3 is 4.74 Å². The summed E-state index contributed by atoms with van der Waals surface area (Å²) in [6.45, 7) is 2.27. The summed E-state index contributed by atoms with van der Waals surface area (Å²) in [6, 6.07) is 0. The zero-order valence-electron chi connectivity index (χ0n) is 10.2. The van der Waals surface area contributed by atoms with E-state index in [2.05, 4.69) is 20.1 Å². The number of hydrogen-bond donors (Lipinski definition) is 0. The molecule has 8 heteroatoms. The van der Waals surface area contributed by atoms with Gasteiger partial charge in [0, 0.05) is 12.6 Å². The van der Waals surface area contributed by atoms with E-state index in [1.54, 1.807) is 11.7 Å². The Morgan fingerprint density at radius 1 is 1.56 bits per heavy atom. The van der Waals surface area contributed by atoms with Crippen LogP contribution in [0.4, 0.5) is 0 Å². The van der Waals surface area contributed by atoms with E-state index in [1.165, 1.54) is 18.0 Å². The lowest BCUT2D eigenvalue weighted by atomic mass is 10.2. The van der Waals surface area contributed by atoms with Crippen LogP contribution in [0.5, 0.6) is 0 Å². The minimum absolute atomic E-state index is 0.162. The third kappa shape index (κ3) is 2.21. The van der Waals surface area contributed by atoms with Crippen LogP contribution in [0.2, 0.25) is 5.15 Å². The minimum atomic E-state index is -0.518. The van der Waals surface area contributed by atoms with E-state index in [0.717, 1.165) is 11.3 Å². The molecule has 2 aromatic rings. The molecular weight excluding hydrogens is 258 g/mol. The molecule has 0 unspecified atom stereocenters. The molecule has 0 aliphatic heterocycles. The average Bonchev–Trinajstić information content (AvgIpc) is 2.90. The van der Waals surface area contributed by atoms with Crippen LogP contribution in [-0.2, 0) is 18.3 Å². The summed E-state index contributed by atoms with van der Waals surface area (Å²) >= 11 is 6.11. The first-order valence-corrected chi connectivity index (χ1v) is 5.57. The maximum atomic E-state index is 11.2. The Hall–Kier alpha value is -1.89. The van der Waals surface area contributed by atoms with E-state index in [4.69, 9.17) is 11.6 Å². The lowest BCUT2D eigenvalue weighted by Crippen LogP contribution is -2.02. The molecule has 0 spiro atoms. The van der Waals surface area contributed by atoms with E-state index in [1.807, 2.05) is 6.92 Å². The first-order chi connectivity index (χ1) is 8.52. The van der Waals surface area contributed by atoms with E-state index in [-0.39, 0.29) is 5.69 Å². The van der Waals surface area contributed by atoms with Crippen LogP contribution in [0.15, 0.2) is 6.20 Å². The summed E-state index contributed by atoms with van der Waals surface area (Å²) in [5, 5.41) is 12.3. The van der Waals surface area contributed by atoms with Gasteiger partial charge in [0.05, 0.1) is 25.5 Å². The van der Waals surface area contributed by atoms with Crippen LogP contribution in [-0.4, -0.2) is 37.9 Å². The Morgan fingerprint density at radius 2 is 2.28 bits per heavy atom. The fourth-order valence-corrected chi connectivity index (χ4v) is 1.82. The predicted molar refractivity (Wildman–Crippen MR) is 63.4 cm³/mol. The fourth-order valence-electron chi connectivity index (χ4n) is 1.59. The summed E-state index contributed by atoms with van der Waals surface area (Å²) in [6.07, 6.45) is 1.51. The van der Waals surface area contributed by atoms with Crippen molar-refractivity contribution in [3.63, 3.8) is 0 Å². The van der Waals surface area contributed by atoms with Gasteiger partial charge in [0.15, 0.2) is 5.69 Å². The number of aryl methyl sites for hydroxylation is 2. The number of carbonyl (C=O) groups is 1. The number of methoxy groups -OCH3 is 1. The molecule has 2 heterocycles. The molecule has 96 valence electrons. The van der Waals surface area contributed by atoms with Gasteiger partial charge in [0.1, 0.15) is 5.15 Å². The van der Waals surface area contributed by atoms with Crippen molar-refractivity contribution in [2.75, 3.05) is 7.11 Å².